The van der Waals surface area contributed by atoms with Gasteiger partial charge in [-0.25, -0.2) is 4.39 Å². The average molecular weight is 382 g/mol. The highest BCUT2D eigenvalue weighted by atomic mass is 19.1. The molecule has 0 saturated carbocycles. The van der Waals surface area contributed by atoms with Gasteiger partial charge in [-0.1, -0.05) is 18.2 Å². The Labute approximate surface area is 165 Å². The summed E-state index contributed by atoms with van der Waals surface area (Å²) in [5.74, 6) is 0.845. The van der Waals surface area contributed by atoms with E-state index < -0.39 is 6.10 Å². The summed E-state index contributed by atoms with van der Waals surface area (Å²) in [7, 11) is 0. The van der Waals surface area contributed by atoms with E-state index in [9.17, 15) is 9.50 Å². The third kappa shape index (κ3) is 3.27. The van der Waals surface area contributed by atoms with E-state index in [2.05, 4.69) is 28.4 Å². The largest absolute Gasteiger partial charge is 0.491 e. The van der Waals surface area contributed by atoms with Gasteiger partial charge in [0.1, 0.15) is 11.6 Å². The zero-order valence-electron chi connectivity index (χ0n) is 16.0. The van der Waals surface area contributed by atoms with Crippen molar-refractivity contribution in [1.29, 1.82) is 0 Å². The number of aryl methyl sites for hydroxylation is 1. The molecule has 1 saturated heterocycles. The van der Waals surface area contributed by atoms with Crippen LogP contribution in [0.15, 0.2) is 36.4 Å². The molecule has 4 nitrogen and oxygen atoms in total. The highest BCUT2D eigenvalue weighted by molar-refractivity contribution is 5.62. The van der Waals surface area contributed by atoms with E-state index in [1.54, 1.807) is 12.1 Å². The fraction of sp³-hybridized carbons (Fsp3) is 0.478. The highest BCUT2D eigenvalue weighted by Crippen LogP contribution is 2.37. The van der Waals surface area contributed by atoms with Crippen molar-refractivity contribution in [1.82, 2.24) is 5.32 Å². The van der Waals surface area contributed by atoms with Gasteiger partial charge in [-0.2, -0.15) is 0 Å². The standard InChI is InChI=1S/C23H27FN2O2/c24-17-6-7-19-16(13-17)14-20(22(19)27)25-18-8-10-26(11-9-18)21-5-1-3-15-4-2-12-28-23(15)21/h1,3,5-7,13,18,20,22,25,27H,2,4,8-12,14H2/t20-,22+/m0/s1. The van der Waals surface area contributed by atoms with Crippen molar-refractivity contribution < 1.29 is 14.2 Å². The predicted octanol–water partition coefficient (Wildman–Crippen LogP) is 3.37. The minimum Gasteiger partial charge on any atom is -0.491 e. The zero-order chi connectivity index (χ0) is 19.1. The molecule has 1 fully saturated rings. The summed E-state index contributed by atoms with van der Waals surface area (Å²) < 4.78 is 19.5. The summed E-state index contributed by atoms with van der Waals surface area (Å²) in [6, 6.07) is 11.5. The molecule has 1 aliphatic carbocycles. The zero-order valence-corrected chi connectivity index (χ0v) is 16.0. The van der Waals surface area contributed by atoms with Crippen LogP contribution in [0.4, 0.5) is 10.1 Å². The lowest BCUT2D eigenvalue weighted by molar-refractivity contribution is 0.132. The molecule has 0 aromatic heterocycles. The summed E-state index contributed by atoms with van der Waals surface area (Å²) in [6.45, 7) is 2.76. The average Bonchev–Trinajstić information content (AvgIpc) is 3.02. The van der Waals surface area contributed by atoms with Gasteiger partial charge in [-0.05, 0) is 67.0 Å². The summed E-state index contributed by atoms with van der Waals surface area (Å²) in [4.78, 5) is 2.43. The van der Waals surface area contributed by atoms with Crippen molar-refractivity contribution in [3.05, 3.63) is 58.9 Å². The first-order chi connectivity index (χ1) is 13.7. The monoisotopic (exact) mass is 382 g/mol. The molecule has 5 rings (SSSR count). The Hall–Kier alpha value is -2.11. The smallest absolute Gasteiger partial charge is 0.145 e. The van der Waals surface area contributed by atoms with Gasteiger partial charge < -0.3 is 20.1 Å². The van der Waals surface area contributed by atoms with Gasteiger partial charge in [-0.3, -0.25) is 0 Å². The quantitative estimate of drug-likeness (QED) is 0.854. The Kier molecular flexibility index (Phi) is 4.73. The van der Waals surface area contributed by atoms with E-state index >= 15 is 0 Å². The van der Waals surface area contributed by atoms with Gasteiger partial charge in [0.25, 0.3) is 0 Å². The second-order valence-corrected chi connectivity index (χ2v) is 8.24. The molecule has 2 aromatic rings. The SMILES string of the molecule is O[C@@H]1c2ccc(F)cc2C[C@@H]1NC1CCN(c2cccc3c2OCCC3)CC1. The lowest BCUT2D eigenvalue weighted by Gasteiger charge is -2.37. The molecule has 0 bridgehead atoms. The van der Waals surface area contributed by atoms with E-state index in [4.69, 9.17) is 4.74 Å². The number of benzene rings is 2. The molecule has 3 aliphatic rings. The summed E-state index contributed by atoms with van der Waals surface area (Å²) >= 11 is 0. The van der Waals surface area contributed by atoms with Crippen LogP contribution in [-0.2, 0) is 12.8 Å². The molecule has 0 radical (unpaired) electrons. The lowest BCUT2D eigenvalue weighted by Crippen LogP contribution is -2.47. The van der Waals surface area contributed by atoms with Crippen LogP contribution in [0, 0.1) is 5.82 Å². The van der Waals surface area contributed by atoms with Crippen LogP contribution in [0.3, 0.4) is 0 Å². The maximum atomic E-state index is 13.5. The number of fused-ring (bicyclic) bond motifs is 2. The molecular formula is C23H27FN2O2. The fourth-order valence-corrected chi connectivity index (χ4v) is 4.97. The van der Waals surface area contributed by atoms with Crippen LogP contribution in [0.5, 0.6) is 5.75 Å². The predicted molar refractivity (Wildman–Crippen MR) is 107 cm³/mol. The first-order valence-corrected chi connectivity index (χ1v) is 10.4. The summed E-state index contributed by atoms with van der Waals surface area (Å²) in [5.41, 5.74) is 4.34. The molecule has 0 unspecified atom stereocenters. The Morgan fingerprint density at radius 1 is 1.11 bits per heavy atom. The third-order valence-corrected chi connectivity index (χ3v) is 6.44. The van der Waals surface area contributed by atoms with Crippen molar-refractivity contribution in [3.63, 3.8) is 0 Å². The molecule has 5 heteroatoms. The molecule has 0 spiro atoms. The van der Waals surface area contributed by atoms with Crippen LogP contribution < -0.4 is 15.0 Å². The number of para-hydroxylation sites is 1. The number of anilines is 1. The number of aliphatic hydroxyl groups excluding tert-OH is 1. The van der Waals surface area contributed by atoms with Crippen LogP contribution >= 0.6 is 0 Å². The normalized spacial score (nSPS) is 24.6. The Bertz CT molecular complexity index is 864. The summed E-state index contributed by atoms with van der Waals surface area (Å²) in [6.07, 6.45) is 4.38. The summed E-state index contributed by atoms with van der Waals surface area (Å²) in [5, 5.41) is 14.3. The Morgan fingerprint density at radius 2 is 1.96 bits per heavy atom. The fourth-order valence-electron chi connectivity index (χ4n) is 4.97. The molecule has 2 atom stereocenters. The third-order valence-electron chi connectivity index (χ3n) is 6.44. The van der Waals surface area contributed by atoms with Gasteiger partial charge in [0.2, 0.25) is 0 Å². The number of rotatable bonds is 3. The van der Waals surface area contributed by atoms with Crippen LogP contribution in [0.1, 0.15) is 42.1 Å². The first kappa shape index (κ1) is 18.0. The minimum absolute atomic E-state index is 0.0267. The molecule has 2 heterocycles. The first-order valence-electron chi connectivity index (χ1n) is 10.4. The van der Waals surface area contributed by atoms with E-state index in [1.807, 2.05) is 0 Å². The molecule has 148 valence electrons. The molecule has 0 amide bonds. The van der Waals surface area contributed by atoms with Crippen LogP contribution in [-0.4, -0.2) is 36.9 Å². The molecule has 2 aliphatic heterocycles. The molecule has 2 N–H and O–H groups in total. The van der Waals surface area contributed by atoms with Crippen molar-refractivity contribution in [2.24, 2.45) is 0 Å². The van der Waals surface area contributed by atoms with Crippen LogP contribution in [0.2, 0.25) is 0 Å². The second-order valence-electron chi connectivity index (χ2n) is 8.24. The van der Waals surface area contributed by atoms with Gasteiger partial charge in [0.15, 0.2) is 0 Å². The van der Waals surface area contributed by atoms with Gasteiger partial charge in [-0.15, -0.1) is 0 Å². The minimum atomic E-state index is -0.553. The Morgan fingerprint density at radius 3 is 2.82 bits per heavy atom. The van der Waals surface area contributed by atoms with E-state index in [-0.39, 0.29) is 11.9 Å². The number of nitrogens with one attached hydrogen (secondary N) is 1. The molecule has 28 heavy (non-hydrogen) atoms. The molecular weight excluding hydrogens is 355 g/mol. The van der Waals surface area contributed by atoms with E-state index in [1.165, 1.54) is 17.3 Å². The van der Waals surface area contributed by atoms with Gasteiger partial charge in [0, 0.05) is 25.2 Å². The maximum absolute atomic E-state index is 13.5. The number of halogens is 1. The topological polar surface area (TPSA) is 44.7 Å². The van der Waals surface area contributed by atoms with Crippen molar-refractivity contribution in [2.45, 2.75) is 50.3 Å². The van der Waals surface area contributed by atoms with Gasteiger partial charge in [0.05, 0.1) is 18.4 Å². The van der Waals surface area contributed by atoms with Crippen LogP contribution in [0.25, 0.3) is 0 Å². The van der Waals surface area contributed by atoms with E-state index in [0.29, 0.717) is 12.5 Å². The molecule has 2 aromatic carbocycles. The highest BCUT2D eigenvalue weighted by Gasteiger charge is 2.33. The number of hydrogen-bond donors (Lipinski definition) is 2. The van der Waals surface area contributed by atoms with Crippen molar-refractivity contribution in [3.8, 4) is 5.75 Å². The number of piperidine rings is 1. The number of ether oxygens (including phenoxy) is 1. The number of nitrogens with zero attached hydrogens (tertiary/aromatic N) is 1. The number of hydrogen-bond acceptors (Lipinski definition) is 4. The maximum Gasteiger partial charge on any atom is 0.145 e. The number of aliphatic hydroxyl groups is 1. The lowest BCUT2D eigenvalue weighted by atomic mass is 10.00. The van der Waals surface area contributed by atoms with Crippen molar-refractivity contribution in [2.75, 3.05) is 24.6 Å². The second kappa shape index (κ2) is 7.37. The van der Waals surface area contributed by atoms with E-state index in [0.717, 1.165) is 62.3 Å². The Balaban J connectivity index is 1.22. The van der Waals surface area contributed by atoms with Crippen molar-refractivity contribution >= 4 is 5.69 Å². The van der Waals surface area contributed by atoms with Gasteiger partial charge >= 0.3 is 0 Å².